The number of hydrogen-bond acceptors (Lipinski definition) is 4. The molecule has 0 fully saturated rings. The summed E-state index contributed by atoms with van der Waals surface area (Å²) in [5, 5.41) is 15.5. The van der Waals surface area contributed by atoms with E-state index in [9.17, 15) is 0 Å². The largest absolute Gasteiger partial charge is 0.270 e. The van der Waals surface area contributed by atoms with Crippen molar-refractivity contribution in [2.45, 2.75) is 13.8 Å². The normalized spacial score (nSPS) is 10.9. The molecule has 0 aliphatic carbocycles. The molecular weight excluding hydrogens is 248 g/mol. The first-order valence-electron chi connectivity index (χ1n) is 4.05. The van der Waals surface area contributed by atoms with E-state index in [4.69, 9.17) is 0 Å². The Morgan fingerprint density at radius 1 is 1.29 bits per heavy atom. The zero-order chi connectivity index (χ0) is 10.3. The number of aromatic nitrogens is 6. The van der Waals surface area contributed by atoms with E-state index in [-0.39, 0.29) is 0 Å². The van der Waals surface area contributed by atoms with Crippen molar-refractivity contribution in [3.8, 4) is 5.95 Å². The van der Waals surface area contributed by atoms with Crippen LogP contribution in [0.2, 0.25) is 0 Å². The number of halogens is 1. The first kappa shape index (κ1) is 9.32. The Morgan fingerprint density at radius 2 is 2.00 bits per heavy atom. The molecule has 74 valence electrons. The number of aryl methyl sites for hydroxylation is 2. The highest BCUT2D eigenvalue weighted by atomic mass is 79.9. The maximum Gasteiger partial charge on any atom is 0.270 e. The summed E-state index contributed by atoms with van der Waals surface area (Å²) in [5.74, 6) is 0.608. The van der Waals surface area contributed by atoms with Crippen molar-refractivity contribution < 1.29 is 0 Å². The quantitative estimate of drug-likeness (QED) is 0.757. The van der Waals surface area contributed by atoms with Crippen molar-refractivity contribution >= 4 is 15.9 Å². The van der Waals surface area contributed by atoms with Crippen LogP contribution in [0.15, 0.2) is 4.47 Å². The molecule has 0 aromatic carbocycles. The molecule has 0 bridgehead atoms. The molecule has 2 heterocycles. The molecule has 0 unspecified atom stereocenters. The van der Waals surface area contributed by atoms with Gasteiger partial charge in [0.25, 0.3) is 5.95 Å². The summed E-state index contributed by atoms with van der Waals surface area (Å²) in [6.45, 7) is 3.89. The predicted octanol–water partition coefficient (Wildman–Crippen LogP) is 0.775. The highest BCUT2D eigenvalue weighted by Crippen LogP contribution is 2.21. The van der Waals surface area contributed by atoms with Gasteiger partial charge in [0.15, 0.2) is 0 Å². The highest BCUT2D eigenvalue weighted by Gasteiger charge is 2.13. The monoisotopic (exact) mass is 256 g/mol. The highest BCUT2D eigenvalue weighted by molar-refractivity contribution is 9.10. The molecule has 0 saturated heterocycles. The minimum Gasteiger partial charge on any atom is -0.213 e. The van der Waals surface area contributed by atoms with E-state index < -0.39 is 0 Å². The van der Waals surface area contributed by atoms with Gasteiger partial charge in [0.2, 0.25) is 0 Å². The van der Waals surface area contributed by atoms with E-state index in [0.29, 0.717) is 5.95 Å². The van der Waals surface area contributed by atoms with Crippen molar-refractivity contribution in [2.24, 2.45) is 7.05 Å². The van der Waals surface area contributed by atoms with Gasteiger partial charge in [0.05, 0.1) is 15.9 Å². The first-order chi connectivity index (χ1) is 6.61. The molecule has 0 radical (unpaired) electrons. The van der Waals surface area contributed by atoms with Gasteiger partial charge in [-0.1, -0.05) is 5.10 Å². The lowest BCUT2D eigenvalue weighted by Gasteiger charge is -1.99. The van der Waals surface area contributed by atoms with Gasteiger partial charge in [-0.2, -0.15) is 5.10 Å². The van der Waals surface area contributed by atoms with Crippen LogP contribution < -0.4 is 0 Å². The lowest BCUT2D eigenvalue weighted by Crippen LogP contribution is -2.07. The second-order valence-electron chi connectivity index (χ2n) is 3.00. The lowest BCUT2D eigenvalue weighted by molar-refractivity contribution is 0.663. The molecule has 7 heteroatoms. The van der Waals surface area contributed by atoms with Crippen LogP contribution in [0.25, 0.3) is 5.95 Å². The van der Waals surface area contributed by atoms with E-state index >= 15 is 0 Å². The van der Waals surface area contributed by atoms with Gasteiger partial charge in [0, 0.05) is 7.05 Å². The van der Waals surface area contributed by atoms with Crippen LogP contribution in [-0.4, -0.2) is 30.0 Å². The van der Waals surface area contributed by atoms with E-state index in [2.05, 4.69) is 36.6 Å². The smallest absolute Gasteiger partial charge is 0.213 e. The van der Waals surface area contributed by atoms with Gasteiger partial charge in [0.1, 0.15) is 0 Å². The third-order valence-corrected chi connectivity index (χ3v) is 3.14. The molecule has 2 rings (SSSR count). The van der Waals surface area contributed by atoms with Crippen molar-refractivity contribution in [3.05, 3.63) is 15.9 Å². The molecule has 2 aromatic rings. The maximum atomic E-state index is 4.32. The van der Waals surface area contributed by atoms with Gasteiger partial charge < -0.3 is 0 Å². The lowest BCUT2D eigenvalue weighted by atomic mass is 10.4. The SMILES string of the molecule is Cc1nn(-c2nnnn2C)c(C)c1Br. The number of nitrogens with zero attached hydrogens (tertiary/aromatic N) is 6. The Kier molecular flexibility index (Phi) is 2.10. The minimum atomic E-state index is 0.608. The van der Waals surface area contributed by atoms with Crippen LogP contribution in [0.3, 0.4) is 0 Å². The molecule has 2 aromatic heterocycles. The van der Waals surface area contributed by atoms with Crippen LogP contribution in [0.4, 0.5) is 0 Å². The maximum absolute atomic E-state index is 4.32. The summed E-state index contributed by atoms with van der Waals surface area (Å²) in [6, 6.07) is 0. The molecular formula is C7H9BrN6. The molecule has 14 heavy (non-hydrogen) atoms. The Bertz CT molecular complexity index is 470. The Hall–Kier alpha value is -1.24. The average molecular weight is 257 g/mol. The Morgan fingerprint density at radius 3 is 2.43 bits per heavy atom. The summed E-state index contributed by atoms with van der Waals surface area (Å²) < 4.78 is 4.27. The summed E-state index contributed by atoms with van der Waals surface area (Å²) in [7, 11) is 1.78. The van der Waals surface area contributed by atoms with Gasteiger partial charge in [-0.3, -0.25) is 0 Å². The minimum absolute atomic E-state index is 0.608. The van der Waals surface area contributed by atoms with E-state index in [1.165, 1.54) is 0 Å². The van der Waals surface area contributed by atoms with Gasteiger partial charge >= 0.3 is 0 Å². The van der Waals surface area contributed by atoms with Crippen molar-refractivity contribution in [3.63, 3.8) is 0 Å². The summed E-state index contributed by atoms with van der Waals surface area (Å²) in [6.07, 6.45) is 0. The zero-order valence-corrected chi connectivity index (χ0v) is 9.65. The molecule has 0 atom stereocenters. The topological polar surface area (TPSA) is 61.4 Å². The molecule has 0 N–H and O–H groups in total. The molecule has 0 saturated carbocycles. The standard InChI is InChI=1S/C7H9BrN6/c1-4-6(8)5(2)14(10-4)7-9-11-12-13(7)3/h1-3H3. The second kappa shape index (κ2) is 3.16. The molecule has 0 aliphatic rings. The summed E-state index contributed by atoms with van der Waals surface area (Å²) >= 11 is 3.45. The predicted molar refractivity (Wildman–Crippen MR) is 53.1 cm³/mol. The molecule has 6 nitrogen and oxygen atoms in total. The third kappa shape index (κ3) is 1.24. The summed E-state index contributed by atoms with van der Waals surface area (Å²) in [4.78, 5) is 0. The van der Waals surface area contributed by atoms with Gasteiger partial charge in [-0.15, -0.1) is 0 Å². The average Bonchev–Trinajstić information content (AvgIpc) is 2.66. The first-order valence-corrected chi connectivity index (χ1v) is 4.85. The Labute approximate surface area is 89.0 Å². The second-order valence-corrected chi connectivity index (χ2v) is 3.79. The van der Waals surface area contributed by atoms with Gasteiger partial charge in [-0.25, -0.2) is 9.36 Å². The van der Waals surface area contributed by atoms with Crippen molar-refractivity contribution in [1.29, 1.82) is 0 Å². The van der Waals surface area contributed by atoms with Crippen LogP contribution in [-0.2, 0) is 7.05 Å². The fourth-order valence-corrected chi connectivity index (χ4v) is 1.47. The van der Waals surface area contributed by atoms with Crippen LogP contribution in [0.1, 0.15) is 11.4 Å². The fourth-order valence-electron chi connectivity index (χ4n) is 1.22. The zero-order valence-electron chi connectivity index (χ0n) is 8.06. The number of tetrazole rings is 1. The fraction of sp³-hybridized carbons (Fsp3) is 0.429. The number of hydrogen-bond donors (Lipinski definition) is 0. The van der Waals surface area contributed by atoms with E-state index in [0.717, 1.165) is 15.9 Å². The van der Waals surface area contributed by atoms with Crippen LogP contribution >= 0.6 is 15.9 Å². The van der Waals surface area contributed by atoms with Crippen LogP contribution in [0.5, 0.6) is 0 Å². The molecule has 0 amide bonds. The van der Waals surface area contributed by atoms with Crippen molar-refractivity contribution in [1.82, 2.24) is 30.0 Å². The van der Waals surface area contributed by atoms with Crippen LogP contribution in [0, 0.1) is 13.8 Å². The summed E-state index contributed by atoms with van der Waals surface area (Å²) in [5.41, 5.74) is 1.91. The Balaban J connectivity index is 2.63. The third-order valence-electron chi connectivity index (χ3n) is 1.99. The van der Waals surface area contributed by atoms with Crippen molar-refractivity contribution in [2.75, 3.05) is 0 Å². The number of rotatable bonds is 1. The van der Waals surface area contributed by atoms with Gasteiger partial charge in [-0.05, 0) is 40.2 Å². The molecule has 0 spiro atoms. The molecule has 0 aliphatic heterocycles. The van der Waals surface area contributed by atoms with E-state index in [1.807, 2.05) is 13.8 Å². The van der Waals surface area contributed by atoms with E-state index in [1.54, 1.807) is 16.4 Å².